The first-order chi connectivity index (χ1) is 11.8. The van der Waals surface area contributed by atoms with Crippen molar-refractivity contribution >= 4 is 21.6 Å². The van der Waals surface area contributed by atoms with Crippen molar-refractivity contribution in [2.24, 2.45) is 0 Å². The van der Waals surface area contributed by atoms with E-state index in [2.05, 4.69) is 4.98 Å². The van der Waals surface area contributed by atoms with E-state index < -0.39 is 9.84 Å². The van der Waals surface area contributed by atoms with Gasteiger partial charge in [0.05, 0.1) is 5.56 Å². The summed E-state index contributed by atoms with van der Waals surface area (Å²) in [6.45, 7) is 5.66. The van der Waals surface area contributed by atoms with Gasteiger partial charge in [-0.25, -0.2) is 13.4 Å². The number of sulfone groups is 1. The van der Waals surface area contributed by atoms with Crippen LogP contribution in [-0.4, -0.2) is 56.6 Å². The summed E-state index contributed by atoms with van der Waals surface area (Å²) in [5, 5.41) is 0. The lowest BCUT2D eigenvalue weighted by Crippen LogP contribution is -2.49. The van der Waals surface area contributed by atoms with Gasteiger partial charge in [-0.1, -0.05) is 0 Å². The van der Waals surface area contributed by atoms with Crippen LogP contribution < -0.4 is 4.90 Å². The molecule has 3 heterocycles. The standard InChI is InChI=1S/C17H21N3O4S/c1-12-11-14(13(2)24-12)17(21)20-9-7-19(8-10-20)16-15(25(3,22)23)5-4-6-18-16/h4-6,11H,7-10H2,1-3H3. The fraction of sp³-hybridized carbons (Fsp3) is 0.412. The van der Waals surface area contributed by atoms with Crippen LogP contribution >= 0.6 is 0 Å². The van der Waals surface area contributed by atoms with Gasteiger partial charge in [0.15, 0.2) is 9.84 Å². The largest absolute Gasteiger partial charge is 0.466 e. The highest BCUT2D eigenvalue weighted by atomic mass is 32.2. The molecular weight excluding hydrogens is 342 g/mol. The minimum absolute atomic E-state index is 0.0571. The number of furan rings is 1. The number of hydrogen-bond donors (Lipinski definition) is 0. The number of anilines is 1. The molecule has 2 aromatic heterocycles. The third-order valence-corrected chi connectivity index (χ3v) is 5.41. The lowest BCUT2D eigenvalue weighted by atomic mass is 10.2. The number of carbonyl (C=O) groups is 1. The Bertz CT molecular complexity index is 896. The van der Waals surface area contributed by atoms with Gasteiger partial charge < -0.3 is 14.2 Å². The monoisotopic (exact) mass is 363 g/mol. The van der Waals surface area contributed by atoms with Crippen molar-refractivity contribution in [1.82, 2.24) is 9.88 Å². The Morgan fingerprint density at radius 1 is 1.20 bits per heavy atom. The topological polar surface area (TPSA) is 83.7 Å². The molecule has 0 N–H and O–H groups in total. The second-order valence-electron chi connectivity index (χ2n) is 6.20. The molecule has 1 aliphatic heterocycles. The van der Waals surface area contributed by atoms with Gasteiger partial charge in [-0.3, -0.25) is 4.79 Å². The average Bonchev–Trinajstić information content (AvgIpc) is 2.92. The number of nitrogens with zero attached hydrogens (tertiary/aromatic N) is 3. The summed E-state index contributed by atoms with van der Waals surface area (Å²) in [6.07, 6.45) is 2.76. The summed E-state index contributed by atoms with van der Waals surface area (Å²) in [4.78, 5) is 20.8. The number of aromatic nitrogens is 1. The molecule has 2 aromatic rings. The number of amides is 1. The van der Waals surface area contributed by atoms with Gasteiger partial charge in [0.2, 0.25) is 0 Å². The normalized spacial score (nSPS) is 15.5. The summed E-state index contributed by atoms with van der Waals surface area (Å²) in [7, 11) is -3.36. The summed E-state index contributed by atoms with van der Waals surface area (Å²) in [5.41, 5.74) is 0.584. The molecule has 1 fully saturated rings. The van der Waals surface area contributed by atoms with Crippen molar-refractivity contribution in [1.29, 1.82) is 0 Å². The molecule has 25 heavy (non-hydrogen) atoms. The van der Waals surface area contributed by atoms with Crippen LogP contribution in [0.4, 0.5) is 5.82 Å². The van der Waals surface area contributed by atoms with Crippen molar-refractivity contribution in [3.63, 3.8) is 0 Å². The van der Waals surface area contributed by atoms with Crippen molar-refractivity contribution < 1.29 is 17.6 Å². The number of piperazine rings is 1. The summed E-state index contributed by atoms with van der Waals surface area (Å²) >= 11 is 0. The maximum Gasteiger partial charge on any atom is 0.257 e. The minimum atomic E-state index is -3.36. The SMILES string of the molecule is Cc1cc(C(=O)N2CCN(c3ncccc3S(C)(=O)=O)CC2)c(C)o1. The molecule has 1 aliphatic rings. The van der Waals surface area contributed by atoms with Gasteiger partial charge in [-0.05, 0) is 32.0 Å². The van der Waals surface area contributed by atoms with E-state index in [0.717, 1.165) is 0 Å². The first-order valence-corrected chi connectivity index (χ1v) is 9.93. The van der Waals surface area contributed by atoms with Crippen LogP contribution in [0.5, 0.6) is 0 Å². The summed E-state index contributed by atoms with van der Waals surface area (Å²) in [6, 6.07) is 4.93. The first-order valence-electron chi connectivity index (χ1n) is 8.03. The van der Waals surface area contributed by atoms with E-state index in [9.17, 15) is 13.2 Å². The molecule has 0 aliphatic carbocycles. The minimum Gasteiger partial charge on any atom is -0.466 e. The van der Waals surface area contributed by atoms with Crippen LogP contribution in [0.1, 0.15) is 21.9 Å². The van der Waals surface area contributed by atoms with E-state index in [1.54, 1.807) is 36.2 Å². The Hall–Kier alpha value is -2.35. The van der Waals surface area contributed by atoms with E-state index in [-0.39, 0.29) is 10.8 Å². The highest BCUT2D eigenvalue weighted by molar-refractivity contribution is 7.90. The molecule has 1 saturated heterocycles. The third-order valence-electron chi connectivity index (χ3n) is 4.29. The zero-order valence-electron chi connectivity index (χ0n) is 14.5. The molecule has 0 atom stereocenters. The van der Waals surface area contributed by atoms with E-state index in [4.69, 9.17) is 4.42 Å². The molecule has 1 amide bonds. The number of rotatable bonds is 3. The van der Waals surface area contributed by atoms with Gasteiger partial charge >= 0.3 is 0 Å². The Labute approximate surface area is 147 Å². The number of carbonyl (C=O) groups excluding carboxylic acids is 1. The fourth-order valence-electron chi connectivity index (χ4n) is 3.04. The molecule has 0 aromatic carbocycles. The van der Waals surface area contributed by atoms with Crippen LogP contribution in [0.15, 0.2) is 33.7 Å². The highest BCUT2D eigenvalue weighted by Gasteiger charge is 2.27. The molecular formula is C17H21N3O4S. The predicted octanol–water partition coefficient (Wildman–Crippen LogP) is 1.66. The number of aryl methyl sites for hydroxylation is 2. The van der Waals surface area contributed by atoms with Crippen LogP contribution in [-0.2, 0) is 9.84 Å². The lowest BCUT2D eigenvalue weighted by molar-refractivity contribution is 0.0744. The quantitative estimate of drug-likeness (QED) is 0.825. The smallest absolute Gasteiger partial charge is 0.257 e. The van der Waals surface area contributed by atoms with Gasteiger partial charge in [0, 0.05) is 38.6 Å². The molecule has 0 radical (unpaired) electrons. The van der Waals surface area contributed by atoms with Crippen LogP contribution in [0.2, 0.25) is 0 Å². The van der Waals surface area contributed by atoms with E-state index in [1.165, 1.54) is 6.26 Å². The second kappa shape index (κ2) is 6.51. The van der Waals surface area contributed by atoms with Gasteiger partial charge in [-0.2, -0.15) is 0 Å². The fourth-order valence-corrected chi connectivity index (χ4v) is 3.88. The highest BCUT2D eigenvalue weighted by Crippen LogP contribution is 2.24. The molecule has 134 valence electrons. The third kappa shape index (κ3) is 3.53. The molecule has 0 saturated carbocycles. The van der Waals surface area contributed by atoms with Crippen molar-refractivity contribution in [3.05, 3.63) is 41.5 Å². The first kappa shape index (κ1) is 17.5. The zero-order chi connectivity index (χ0) is 18.2. The van der Waals surface area contributed by atoms with Gasteiger partial charge in [0.1, 0.15) is 22.2 Å². The molecule has 0 bridgehead atoms. The molecule has 0 unspecified atom stereocenters. The van der Waals surface area contributed by atoms with E-state index >= 15 is 0 Å². The van der Waals surface area contributed by atoms with Crippen molar-refractivity contribution in [2.75, 3.05) is 37.3 Å². The van der Waals surface area contributed by atoms with E-state index in [0.29, 0.717) is 49.1 Å². The summed E-state index contributed by atoms with van der Waals surface area (Å²) < 4.78 is 29.3. The Morgan fingerprint density at radius 3 is 2.44 bits per heavy atom. The zero-order valence-corrected chi connectivity index (χ0v) is 15.3. The Kier molecular flexibility index (Phi) is 4.55. The maximum atomic E-state index is 12.6. The van der Waals surface area contributed by atoms with Crippen LogP contribution in [0, 0.1) is 13.8 Å². The number of hydrogen-bond acceptors (Lipinski definition) is 6. The second-order valence-corrected chi connectivity index (χ2v) is 8.19. The van der Waals surface area contributed by atoms with Gasteiger partial charge in [0.25, 0.3) is 5.91 Å². The van der Waals surface area contributed by atoms with Crippen LogP contribution in [0.25, 0.3) is 0 Å². The van der Waals surface area contributed by atoms with Crippen molar-refractivity contribution in [2.45, 2.75) is 18.7 Å². The Balaban J connectivity index is 1.75. The number of pyridine rings is 1. The van der Waals surface area contributed by atoms with Crippen LogP contribution in [0.3, 0.4) is 0 Å². The lowest BCUT2D eigenvalue weighted by Gasteiger charge is -2.35. The molecule has 0 spiro atoms. The molecule has 7 nitrogen and oxygen atoms in total. The predicted molar refractivity (Wildman–Crippen MR) is 93.6 cm³/mol. The van der Waals surface area contributed by atoms with Gasteiger partial charge in [-0.15, -0.1) is 0 Å². The molecule has 3 rings (SSSR count). The van der Waals surface area contributed by atoms with E-state index in [1.807, 2.05) is 11.8 Å². The maximum absolute atomic E-state index is 12.6. The summed E-state index contributed by atoms with van der Waals surface area (Å²) in [5.74, 6) is 1.73. The Morgan fingerprint density at radius 2 is 1.88 bits per heavy atom. The molecule has 8 heteroatoms. The van der Waals surface area contributed by atoms with Crippen molar-refractivity contribution in [3.8, 4) is 0 Å². The average molecular weight is 363 g/mol.